The van der Waals surface area contributed by atoms with E-state index in [0.717, 1.165) is 21.5 Å². The van der Waals surface area contributed by atoms with E-state index in [4.69, 9.17) is 17.3 Å². The van der Waals surface area contributed by atoms with Crippen molar-refractivity contribution in [2.75, 3.05) is 0 Å². The normalized spacial score (nSPS) is 12.8. The lowest BCUT2D eigenvalue weighted by atomic mass is 10.0. The van der Waals surface area contributed by atoms with Crippen molar-refractivity contribution in [1.82, 2.24) is 0 Å². The standard InChI is InChI=1S/C13H19BrClN/c1-2-3-4-5-6-13(16)11-9-10(15)7-8-12(11)14/h7-9,13H,2-6,16H2,1H3. The van der Waals surface area contributed by atoms with Gasteiger partial charge < -0.3 is 5.73 Å². The van der Waals surface area contributed by atoms with Gasteiger partial charge in [0.15, 0.2) is 0 Å². The molecule has 16 heavy (non-hydrogen) atoms. The summed E-state index contributed by atoms with van der Waals surface area (Å²) in [7, 11) is 0. The quantitative estimate of drug-likeness (QED) is 0.729. The van der Waals surface area contributed by atoms with Crippen molar-refractivity contribution in [1.29, 1.82) is 0 Å². The first-order valence-corrected chi connectivity index (χ1v) is 7.02. The number of hydrogen-bond acceptors (Lipinski definition) is 1. The van der Waals surface area contributed by atoms with Crippen LogP contribution >= 0.6 is 27.5 Å². The second-order valence-electron chi connectivity index (χ2n) is 4.12. The molecule has 1 atom stereocenters. The highest BCUT2D eigenvalue weighted by Crippen LogP contribution is 2.28. The van der Waals surface area contributed by atoms with Crippen molar-refractivity contribution < 1.29 is 0 Å². The molecule has 0 amide bonds. The highest BCUT2D eigenvalue weighted by Gasteiger charge is 2.09. The fourth-order valence-electron chi connectivity index (χ4n) is 1.75. The monoisotopic (exact) mass is 303 g/mol. The van der Waals surface area contributed by atoms with Crippen LogP contribution in [0.15, 0.2) is 22.7 Å². The molecule has 1 aromatic rings. The summed E-state index contributed by atoms with van der Waals surface area (Å²) in [4.78, 5) is 0. The Morgan fingerprint density at radius 3 is 2.75 bits per heavy atom. The Kier molecular flexibility index (Phi) is 6.40. The van der Waals surface area contributed by atoms with Gasteiger partial charge >= 0.3 is 0 Å². The second-order valence-corrected chi connectivity index (χ2v) is 5.41. The second kappa shape index (κ2) is 7.31. The third-order valence-electron chi connectivity index (χ3n) is 2.73. The van der Waals surface area contributed by atoms with Gasteiger partial charge in [-0.25, -0.2) is 0 Å². The van der Waals surface area contributed by atoms with Crippen LogP contribution in [0.1, 0.15) is 50.6 Å². The molecule has 0 radical (unpaired) electrons. The Balaban J connectivity index is 2.51. The van der Waals surface area contributed by atoms with Gasteiger partial charge in [-0.05, 0) is 30.2 Å². The number of rotatable bonds is 6. The van der Waals surface area contributed by atoms with Gasteiger partial charge in [-0.3, -0.25) is 0 Å². The van der Waals surface area contributed by atoms with Crippen LogP contribution in [-0.4, -0.2) is 0 Å². The highest BCUT2D eigenvalue weighted by atomic mass is 79.9. The van der Waals surface area contributed by atoms with Crippen molar-refractivity contribution in [2.45, 2.75) is 45.1 Å². The fraction of sp³-hybridized carbons (Fsp3) is 0.538. The molecular formula is C13H19BrClN. The molecule has 0 aliphatic carbocycles. The zero-order chi connectivity index (χ0) is 12.0. The molecule has 0 fully saturated rings. The van der Waals surface area contributed by atoms with E-state index in [1.54, 1.807) is 0 Å². The summed E-state index contributed by atoms with van der Waals surface area (Å²) in [6, 6.07) is 5.88. The average Bonchev–Trinajstić information content (AvgIpc) is 2.27. The van der Waals surface area contributed by atoms with E-state index < -0.39 is 0 Å². The van der Waals surface area contributed by atoms with Gasteiger partial charge in [-0.2, -0.15) is 0 Å². The fourth-order valence-corrected chi connectivity index (χ4v) is 2.47. The smallest absolute Gasteiger partial charge is 0.0410 e. The molecule has 1 aromatic carbocycles. The van der Waals surface area contributed by atoms with E-state index in [9.17, 15) is 0 Å². The summed E-state index contributed by atoms with van der Waals surface area (Å²) >= 11 is 9.48. The minimum absolute atomic E-state index is 0.0879. The van der Waals surface area contributed by atoms with Gasteiger partial charge in [0, 0.05) is 15.5 Å². The Labute approximate surface area is 111 Å². The van der Waals surface area contributed by atoms with Crippen LogP contribution in [-0.2, 0) is 0 Å². The van der Waals surface area contributed by atoms with E-state index in [2.05, 4.69) is 22.9 Å². The topological polar surface area (TPSA) is 26.0 Å². The zero-order valence-corrected chi connectivity index (χ0v) is 12.0. The SMILES string of the molecule is CCCCCCC(N)c1cc(Cl)ccc1Br. The molecule has 1 nitrogen and oxygen atoms in total. The zero-order valence-electron chi connectivity index (χ0n) is 9.68. The lowest BCUT2D eigenvalue weighted by molar-refractivity contribution is 0.565. The van der Waals surface area contributed by atoms with Crippen LogP contribution < -0.4 is 5.73 Å². The van der Waals surface area contributed by atoms with Gasteiger partial charge in [0.25, 0.3) is 0 Å². The third kappa shape index (κ3) is 4.44. The Bertz CT molecular complexity index is 328. The van der Waals surface area contributed by atoms with Gasteiger partial charge in [-0.15, -0.1) is 0 Å². The lowest BCUT2D eigenvalue weighted by Gasteiger charge is -2.14. The summed E-state index contributed by atoms with van der Waals surface area (Å²) in [6.07, 6.45) is 6.04. The van der Waals surface area contributed by atoms with E-state index in [1.807, 2.05) is 18.2 Å². The number of nitrogens with two attached hydrogens (primary N) is 1. The molecule has 1 rings (SSSR count). The number of halogens is 2. The third-order valence-corrected chi connectivity index (χ3v) is 3.68. The average molecular weight is 305 g/mol. The van der Waals surface area contributed by atoms with Gasteiger partial charge in [0.1, 0.15) is 0 Å². The Morgan fingerprint density at radius 1 is 1.31 bits per heavy atom. The molecule has 0 aliphatic heterocycles. The maximum Gasteiger partial charge on any atom is 0.0410 e. The molecule has 0 saturated heterocycles. The van der Waals surface area contributed by atoms with Gasteiger partial charge in [-0.1, -0.05) is 60.1 Å². The molecule has 90 valence electrons. The molecule has 0 aromatic heterocycles. The number of benzene rings is 1. The summed E-state index contributed by atoms with van der Waals surface area (Å²) in [5.74, 6) is 0. The van der Waals surface area contributed by atoms with Crippen LogP contribution in [0.5, 0.6) is 0 Å². The maximum atomic E-state index is 6.16. The van der Waals surface area contributed by atoms with Crippen molar-refractivity contribution in [3.63, 3.8) is 0 Å². The lowest BCUT2D eigenvalue weighted by Crippen LogP contribution is -2.10. The molecule has 0 spiro atoms. The highest BCUT2D eigenvalue weighted by molar-refractivity contribution is 9.10. The first-order valence-electron chi connectivity index (χ1n) is 5.85. The molecule has 0 aliphatic rings. The van der Waals surface area contributed by atoms with Crippen LogP contribution in [0, 0.1) is 0 Å². The van der Waals surface area contributed by atoms with E-state index >= 15 is 0 Å². The van der Waals surface area contributed by atoms with Crippen molar-refractivity contribution >= 4 is 27.5 Å². The van der Waals surface area contributed by atoms with Crippen LogP contribution in [0.25, 0.3) is 0 Å². The van der Waals surface area contributed by atoms with Gasteiger partial charge in [0.05, 0.1) is 0 Å². The molecule has 0 heterocycles. The van der Waals surface area contributed by atoms with Crippen molar-refractivity contribution in [2.24, 2.45) is 5.73 Å². The Morgan fingerprint density at radius 2 is 2.06 bits per heavy atom. The van der Waals surface area contributed by atoms with E-state index in [0.29, 0.717) is 0 Å². The molecule has 3 heteroatoms. The summed E-state index contributed by atoms with van der Waals surface area (Å²) in [5.41, 5.74) is 7.27. The predicted octanol–water partition coefficient (Wildman–Crippen LogP) is 5.07. The van der Waals surface area contributed by atoms with Crippen molar-refractivity contribution in [3.8, 4) is 0 Å². The molecular weight excluding hydrogens is 286 g/mol. The number of hydrogen-bond donors (Lipinski definition) is 1. The first-order chi connectivity index (χ1) is 7.65. The minimum atomic E-state index is 0.0879. The maximum absolute atomic E-state index is 6.16. The largest absolute Gasteiger partial charge is 0.324 e. The number of unbranched alkanes of at least 4 members (excludes halogenated alkanes) is 3. The summed E-state index contributed by atoms with van der Waals surface area (Å²) in [6.45, 7) is 2.22. The van der Waals surface area contributed by atoms with Crippen LogP contribution in [0.2, 0.25) is 5.02 Å². The Hall–Kier alpha value is -0.0500. The van der Waals surface area contributed by atoms with Crippen LogP contribution in [0.3, 0.4) is 0 Å². The first kappa shape index (κ1) is 14.0. The molecule has 0 saturated carbocycles. The minimum Gasteiger partial charge on any atom is -0.324 e. The summed E-state index contributed by atoms with van der Waals surface area (Å²) < 4.78 is 1.06. The van der Waals surface area contributed by atoms with Crippen LogP contribution in [0.4, 0.5) is 0 Å². The summed E-state index contributed by atoms with van der Waals surface area (Å²) in [5, 5.41) is 0.752. The van der Waals surface area contributed by atoms with Gasteiger partial charge in [0.2, 0.25) is 0 Å². The van der Waals surface area contributed by atoms with E-state index in [-0.39, 0.29) is 6.04 Å². The molecule has 0 bridgehead atoms. The van der Waals surface area contributed by atoms with E-state index in [1.165, 1.54) is 25.7 Å². The van der Waals surface area contributed by atoms with Crippen molar-refractivity contribution in [3.05, 3.63) is 33.3 Å². The molecule has 2 N–H and O–H groups in total. The molecule has 1 unspecified atom stereocenters. The predicted molar refractivity (Wildman–Crippen MR) is 74.8 cm³/mol.